The molecule has 0 aliphatic carbocycles. The van der Waals surface area contributed by atoms with Gasteiger partial charge in [-0.2, -0.15) is 0 Å². The lowest BCUT2D eigenvalue weighted by atomic mass is 10.0. The van der Waals surface area contributed by atoms with Gasteiger partial charge in [0.1, 0.15) is 13.1 Å². The van der Waals surface area contributed by atoms with E-state index in [1.807, 2.05) is 42.5 Å². The van der Waals surface area contributed by atoms with Crippen LogP contribution in [0.25, 0.3) is 0 Å². The molecule has 1 aliphatic rings. The Bertz CT molecular complexity index is 677. The first-order chi connectivity index (χ1) is 12.1. The van der Waals surface area contributed by atoms with E-state index in [0.717, 1.165) is 24.3 Å². The summed E-state index contributed by atoms with van der Waals surface area (Å²) in [6.07, 6.45) is 0. The van der Waals surface area contributed by atoms with Gasteiger partial charge in [0.25, 0.3) is 5.91 Å². The lowest BCUT2D eigenvalue weighted by Gasteiger charge is -2.30. The molecule has 0 spiro atoms. The van der Waals surface area contributed by atoms with Gasteiger partial charge in [-0.05, 0) is 23.6 Å². The standard InChI is InChI=1S/C21H26N2O2/c1-16(2)17-8-10-19(11-9-17)22-21(24)20(18-6-4-3-5-7-18)23-12-14-25-15-13-23/h3-11,16,20H,12-15H2,1-2H3,(H,22,24)/p+1. The molecule has 2 N–H and O–H groups in total. The van der Waals surface area contributed by atoms with Crippen LogP contribution in [0.3, 0.4) is 0 Å². The molecule has 0 saturated carbocycles. The molecule has 0 radical (unpaired) electrons. The Hall–Kier alpha value is -2.17. The Morgan fingerprint density at radius 3 is 2.20 bits per heavy atom. The van der Waals surface area contributed by atoms with Crippen LogP contribution < -0.4 is 10.2 Å². The highest BCUT2D eigenvalue weighted by Gasteiger charge is 2.32. The molecular formula is C21H27N2O2+. The Morgan fingerprint density at radius 2 is 1.60 bits per heavy atom. The fourth-order valence-electron chi connectivity index (χ4n) is 3.31. The van der Waals surface area contributed by atoms with Crippen LogP contribution in [0.5, 0.6) is 0 Å². The third-order valence-corrected chi connectivity index (χ3v) is 4.78. The monoisotopic (exact) mass is 339 g/mol. The number of hydrogen-bond donors (Lipinski definition) is 2. The number of hydrogen-bond acceptors (Lipinski definition) is 2. The number of anilines is 1. The first kappa shape index (κ1) is 17.6. The summed E-state index contributed by atoms with van der Waals surface area (Å²) in [6.45, 7) is 7.43. The van der Waals surface area contributed by atoms with Gasteiger partial charge in [-0.25, -0.2) is 0 Å². The summed E-state index contributed by atoms with van der Waals surface area (Å²) < 4.78 is 5.47. The Balaban J connectivity index is 1.79. The highest BCUT2D eigenvalue weighted by molar-refractivity contribution is 5.94. The minimum atomic E-state index is -0.213. The van der Waals surface area contributed by atoms with Crippen molar-refractivity contribution in [3.8, 4) is 0 Å². The zero-order valence-corrected chi connectivity index (χ0v) is 15.0. The van der Waals surface area contributed by atoms with Gasteiger partial charge in [0, 0.05) is 11.3 Å². The maximum Gasteiger partial charge on any atom is 0.287 e. The number of amides is 1. The number of carbonyl (C=O) groups is 1. The number of rotatable bonds is 5. The Labute approximate surface area is 149 Å². The molecule has 1 fully saturated rings. The van der Waals surface area contributed by atoms with Gasteiger partial charge in [0.2, 0.25) is 0 Å². The van der Waals surface area contributed by atoms with Gasteiger partial charge in [-0.3, -0.25) is 4.79 Å². The molecule has 1 heterocycles. The normalized spacial score (nSPS) is 16.6. The molecule has 0 aromatic heterocycles. The second-order valence-electron chi connectivity index (χ2n) is 6.88. The average Bonchev–Trinajstić information content (AvgIpc) is 2.64. The van der Waals surface area contributed by atoms with E-state index < -0.39 is 0 Å². The second kappa shape index (κ2) is 8.28. The predicted molar refractivity (Wildman–Crippen MR) is 99.9 cm³/mol. The highest BCUT2D eigenvalue weighted by Crippen LogP contribution is 2.19. The molecule has 1 amide bonds. The quantitative estimate of drug-likeness (QED) is 0.878. The van der Waals surface area contributed by atoms with E-state index in [4.69, 9.17) is 4.74 Å². The van der Waals surface area contributed by atoms with E-state index in [9.17, 15) is 4.79 Å². The summed E-state index contributed by atoms with van der Waals surface area (Å²) in [5.41, 5.74) is 3.18. The van der Waals surface area contributed by atoms with E-state index in [-0.39, 0.29) is 11.9 Å². The first-order valence-electron chi connectivity index (χ1n) is 9.03. The van der Waals surface area contributed by atoms with E-state index in [1.54, 1.807) is 0 Å². The van der Waals surface area contributed by atoms with Crippen molar-refractivity contribution in [1.82, 2.24) is 0 Å². The predicted octanol–water partition coefficient (Wildman–Crippen LogP) is 2.40. The summed E-state index contributed by atoms with van der Waals surface area (Å²) in [6, 6.07) is 18.0. The number of nitrogens with one attached hydrogen (secondary N) is 2. The lowest BCUT2D eigenvalue weighted by molar-refractivity contribution is -0.929. The fraction of sp³-hybridized carbons (Fsp3) is 0.381. The Kier molecular flexibility index (Phi) is 5.84. The minimum absolute atomic E-state index is 0.0420. The van der Waals surface area contributed by atoms with Crippen molar-refractivity contribution in [2.24, 2.45) is 0 Å². The van der Waals surface area contributed by atoms with Crippen LogP contribution in [0.15, 0.2) is 54.6 Å². The minimum Gasteiger partial charge on any atom is -0.370 e. The molecule has 4 heteroatoms. The topological polar surface area (TPSA) is 42.8 Å². The zero-order valence-electron chi connectivity index (χ0n) is 15.0. The number of ether oxygens (including phenoxy) is 1. The lowest BCUT2D eigenvalue weighted by Crippen LogP contribution is -3.15. The van der Waals surface area contributed by atoms with Crippen LogP contribution in [0.1, 0.15) is 36.9 Å². The first-order valence-corrected chi connectivity index (χ1v) is 9.03. The van der Waals surface area contributed by atoms with Crippen molar-refractivity contribution in [3.05, 3.63) is 65.7 Å². The SMILES string of the molecule is CC(C)c1ccc(NC(=O)C(c2ccccc2)[NH+]2CCOCC2)cc1. The van der Waals surface area contributed by atoms with Gasteiger partial charge in [0.05, 0.1) is 13.2 Å². The number of benzene rings is 2. The van der Waals surface area contributed by atoms with Crippen molar-refractivity contribution >= 4 is 11.6 Å². The van der Waals surface area contributed by atoms with Crippen molar-refractivity contribution in [2.75, 3.05) is 31.6 Å². The largest absolute Gasteiger partial charge is 0.370 e. The van der Waals surface area contributed by atoms with Crippen molar-refractivity contribution in [3.63, 3.8) is 0 Å². The summed E-state index contributed by atoms with van der Waals surface area (Å²) in [5, 5.41) is 3.10. The second-order valence-corrected chi connectivity index (χ2v) is 6.88. The van der Waals surface area contributed by atoms with Crippen LogP contribution >= 0.6 is 0 Å². The fourth-order valence-corrected chi connectivity index (χ4v) is 3.31. The van der Waals surface area contributed by atoms with Gasteiger partial charge in [-0.15, -0.1) is 0 Å². The Morgan fingerprint density at radius 1 is 0.960 bits per heavy atom. The summed E-state index contributed by atoms with van der Waals surface area (Å²) in [4.78, 5) is 14.3. The maximum absolute atomic E-state index is 13.1. The van der Waals surface area contributed by atoms with Crippen LogP contribution in [0, 0.1) is 0 Å². The number of carbonyl (C=O) groups excluding carboxylic acids is 1. The molecule has 4 nitrogen and oxygen atoms in total. The maximum atomic E-state index is 13.1. The van der Waals surface area contributed by atoms with E-state index in [2.05, 4.69) is 31.3 Å². The van der Waals surface area contributed by atoms with Crippen LogP contribution in [-0.2, 0) is 9.53 Å². The molecule has 25 heavy (non-hydrogen) atoms. The van der Waals surface area contributed by atoms with Crippen LogP contribution in [0.4, 0.5) is 5.69 Å². The summed E-state index contributed by atoms with van der Waals surface area (Å²) in [7, 11) is 0. The summed E-state index contributed by atoms with van der Waals surface area (Å²) >= 11 is 0. The summed E-state index contributed by atoms with van der Waals surface area (Å²) in [5.74, 6) is 0.528. The number of morpholine rings is 1. The van der Waals surface area contributed by atoms with Gasteiger partial charge in [-0.1, -0.05) is 56.3 Å². The molecule has 132 valence electrons. The highest BCUT2D eigenvalue weighted by atomic mass is 16.5. The van der Waals surface area contributed by atoms with Crippen molar-refractivity contribution in [1.29, 1.82) is 0 Å². The zero-order chi connectivity index (χ0) is 17.6. The average molecular weight is 339 g/mol. The van der Waals surface area contributed by atoms with Gasteiger partial charge >= 0.3 is 0 Å². The molecule has 1 unspecified atom stereocenters. The van der Waals surface area contributed by atoms with Gasteiger partial charge in [0.15, 0.2) is 6.04 Å². The molecule has 2 aromatic carbocycles. The van der Waals surface area contributed by atoms with Crippen LogP contribution in [0.2, 0.25) is 0 Å². The molecule has 2 aromatic rings. The number of quaternary nitrogens is 1. The van der Waals surface area contributed by atoms with Crippen molar-refractivity contribution in [2.45, 2.75) is 25.8 Å². The molecule has 1 aliphatic heterocycles. The van der Waals surface area contributed by atoms with E-state index in [0.29, 0.717) is 19.1 Å². The smallest absolute Gasteiger partial charge is 0.287 e. The van der Waals surface area contributed by atoms with E-state index in [1.165, 1.54) is 10.5 Å². The molecule has 0 bridgehead atoms. The molecule has 3 rings (SSSR count). The molecule has 1 saturated heterocycles. The van der Waals surface area contributed by atoms with Crippen LogP contribution in [-0.4, -0.2) is 32.2 Å². The van der Waals surface area contributed by atoms with E-state index >= 15 is 0 Å². The third kappa shape index (κ3) is 4.47. The molecular weight excluding hydrogens is 312 g/mol. The van der Waals surface area contributed by atoms with Gasteiger partial charge < -0.3 is 15.0 Å². The molecule has 1 atom stereocenters. The third-order valence-electron chi connectivity index (χ3n) is 4.78. The van der Waals surface area contributed by atoms with Crippen molar-refractivity contribution < 1.29 is 14.4 Å².